The van der Waals surface area contributed by atoms with Gasteiger partial charge in [-0.15, -0.1) is 6.42 Å². The van der Waals surface area contributed by atoms with Crippen molar-refractivity contribution in [2.75, 3.05) is 37.7 Å². The highest BCUT2D eigenvalue weighted by Crippen LogP contribution is 2.45. The molecular weight excluding hydrogens is 578 g/mol. The van der Waals surface area contributed by atoms with Gasteiger partial charge in [0.1, 0.15) is 47.5 Å². The maximum atomic E-state index is 17.0. The van der Waals surface area contributed by atoms with Crippen LogP contribution < -0.4 is 19.7 Å². The number of phenols is 1. The van der Waals surface area contributed by atoms with Gasteiger partial charge in [-0.3, -0.25) is 4.90 Å². The number of anilines is 1. The van der Waals surface area contributed by atoms with E-state index in [1.807, 2.05) is 6.07 Å². The number of pyridine rings is 1. The molecule has 4 fully saturated rings. The molecule has 9 rings (SSSR count). The molecule has 9 nitrogen and oxygen atoms in total. The minimum absolute atomic E-state index is 0.0202. The molecule has 45 heavy (non-hydrogen) atoms. The fraction of sp³-hybridized carbons (Fsp3) is 0.441. The Morgan fingerprint density at radius 3 is 2.98 bits per heavy atom. The second-order valence-electron chi connectivity index (χ2n) is 13.1. The van der Waals surface area contributed by atoms with E-state index in [1.54, 1.807) is 18.2 Å². The zero-order valence-corrected chi connectivity index (χ0v) is 24.6. The van der Waals surface area contributed by atoms with Gasteiger partial charge < -0.3 is 24.8 Å². The zero-order valence-electron chi connectivity index (χ0n) is 24.6. The summed E-state index contributed by atoms with van der Waals surface area (Å²) in [5, 5.41) is 16.0. The summed E-state index contributed by atoms with van der Waals surface area (Å²) in [6, 6.07) is 8.91. The lowest BCUT2D eigenvalue weighted by atomic mass is 9.95. The first kappa shape index (κ1) is 27.1. The molecule has 5 aliphatic heterocycles. The molecule has 2 bridgehead atoms. The summed E-state index contributed by atoms with van der Waals surface area (Å²) in [5.74, 6) is 2.70. The van der Waals surface area contributed by atoms with Gasteiger partial charge in [-0.2, -0.15) is 9.97 Å². The molecule has 4 saturated heterocycles. The second kappa shape index (κ2) is 9.86. The number of hydrogen-bond acceptors (Lipinski definition) is 9. The van der Waals surface area contributed by atoms with Crippen LogP contribution in [0, 0.1) is 18.2 Å². The number of nitrogens with zero attached hydrogens (tertiary/aromatic N) is 5. The molecule has 2 aromatic heterocycles. The van der Waals surface area contributed by atoms with Crippen molar-refractivity contribution in [3.05, 3.63) is 41.7 Å². The molecule has 2 N–H and O–H groups in total. The van der Waals surface area contributed by atoms with Crippen LogP contribution in [0.5, 0.6) is 17.6 Å². The van der Waals surface area contributed by atoms with Crippen molar-refractivity contribution >= 4 is 27.5 Å². The minimum Gasteiger partial charge on any atom is -0.508 e. The van der Waals surface area contributed by atoms with Crippen LogP contribution >= 0.6 is 0 Å². The van der Waals surface area contributed by atoms with Gasteiger partial charge in [-0.05, 0) is 55.8 Å². The normalized spacial score (nSPS) is 28.5. The Morgan fingerprint density at radius 2 is 2.09 bits per heavy atom. The van der Waals surface area contributed by atoms with Crippen molar-refractivity contribution < 1.29 is 23.4 Å². The second-order valence-corrected chi connectivity index (χ2v) is 13.1. The van der Waals surface area contributed by atoms with Crippen LogP contribution in [0.3, 0.4) is 0 Å². The molecule has 0 saturated carbocycles. The van der Waals surface area contributed by atoms with Crippen LogP contribution in [-0.2, 0) is 0 Å². The zero-order chi connectivity index (χ0) is 30.4. The van der Waals surface area contributed by atoms with E-state index in [9.17, 15) is 9.50 Å². The standard InChI is InChI=1S/C34H32F2N6O3/c1-2-18-5-3-6-19-11-22(43)12-23(26(18)19)29-28(36)30-27-31(42-15-21-7-8-24(37-21)25(42)16-44-32(27)38-29)40-33(39-30)45-17-34-9-4-10-41(34)14-20(35)13-34/h1,3,5-6,11-12,20-21,24-25,37,43H,4,7-10,13-17H2/t20-,21+,24-,25-,34-/m1/s1. The lowest BCUT2D eigenvalue weighted by molar-refractivity contribution is 0.107. The van der Waals surface area contributed by atoms with Gasteiger partial charge in [-0.1, -0.05) is 18.1 Å². The molecule has 0 amide bonds. The van der Waals surface area contributed by atoms with Crippen molar-refractivity contribution in [3.8, 4) is 41.2 Å². The maximum Gasteiger partial charge on any atom is 0.319 e. The first-order valence-electron chi connectivity index (χ1n) is 15.7. The Balaban J connectivity index is 1.24. The molecule has 5 aliphatic rings. The number of hydrogen-bond donors (Lipinski definition) is 2. The third-order valence-electron chi connectivity index (χ3n) is 10.5. The van der Waals surface area contributed by atoms with E-state index in [-0.39, 0.29) is 53.6 Å². The Bertz CT molecular complexity index is 1930. The minimum atomic E-state index is -0.899. The molecule has 5 atom stereocenters. The first-order valence-corrected chi connectivity index (χ1v) is 15.7. The topological polar surface area (TPSA) is 95.9 Å². The van der Waals surface area contributed by atoms with Gasteiger partial charge in [0, 0.05) is 48.1 Å². The summed E-state index contributed by atoms with van der Waals surface area (Å²) in [7, 11) is 0. The summed E-state index contributed by atoms with van der Waals surface area (Å²) in [6.07, 6.45) is 9.21. The van der Waals surface area contributed by atoms with Gasteiger partial charge in [0.25, 0.3) is 0 Å². The van der Waals surface area contributed by atoms with E-state index in [0.29, 0.717) is 59.2 Å². The summed E-state index contributed by atoms with van der Waals surface area (Å²) in [6.45, 7) is 2.47. The van der Waals surface area contributed by atoms with E-state index in [2.05, 4.69) is 26.0 Å². The highest BCUT2D eigenvalue weighted by Gasteiger charge is 2.50. The third kappa shape index (κ3) is 4.08. The lowest BCUT2D eigenvalue weighted by Gasteiger charge is -2.40. The van der Waals surface area contributed by atoms with Crippen LogP contribution in [0.2, 0.25) is 0 Å². The van der Waals surface area contributed by atoms with Crippen molar-refractivity contribution in [1.82, 2.24) is 25.2 Å². The Labute approximate surface area is 258 Å². The smallest absolute Gasteiger partial charge is 0.319 e. The van der Waals surface area contributed by atoms with Crippen LogP contribution in [0.25, 0.3) is 32.9 Å². The summed E-state index contributed by atoms with van der Waals surface area (Å²) in [5.41, 5.74) is 0.457. The van der Waals surface area contributed by atoms with E-state index >= 15 is 4.39 Å². The number of rotatable bonds is 4. The molecule has 0 radical (unpaired) electrons. The summed E-state index contributed by atoms with van der Waals surface area (Å²) in [4.78, 5) is 18.7. The number of phenolic OH excluding ortho intramolecular Hbond substituents is 1. The average molecular weight is 611 g/mol. The molecule has 0 spiro atoms. The number of alkyl halides is 1. The molecule has 7 heterocycles. The number of ether oxygens (including phenoxy) is 2. The number of fused-ring (bicyclic) bond motifs is 7. The number of halogens is 2. The summed E-state index contributed by atoms with van der Waals surface area (Å²) < 4.78 is 44.2. The van der Waals surface area contributed by atoms with Gasteiger partial charge in [-0.25, -0.2) is 13.8 Å². The fourth-order valence-electron chi connectivity index (χ4n) is 8.53. The predicted molar refractivity (Wildman–Crippen MR) is 165 cm³/mol. The van der Waals surface area contributed by atoms with E-state index < -0.39 is 17.5 Å². The van der Waals surface area contributed by atoms with Gasteiger partial charge in [0.15, 0.2) is 5.82 Å². The van der Waals surface area contributed by atoms with Crippen LogP contribution in [0.4, 0.5) is 14.6 Å². The first-order chi connectivity index (χ1) is 21.9. The number of terminal acetylenes is 1. The maximum absolute atomic E-state index is 17.0. The van der Waals surface area contributed by atoms with Crippen molar-refractivity contribution in [2.45, 2.75) is 61.9 Å². The van der Waals surface area contributed by atoms with E-state index in [1.165, 1.54) is 6.07 Å². The SMILES string of the molecule is C#Cc1cccc2cc(O)cc(-c3nc4c5c(nc(OC[C@]67CCCN6C[C@H](F)C7)nc5c3F)N3C[C@@H]5CC[C@@H](N5)[C@H]3CO4)c12. The van der Waals surface area contributed by atoms with E-state index in [0.717, 1.165) is 32.2 Å². The van der Waals surface area contributed by atoms with Gasteiger partial charge in [0.2, 0.25) is 5.88 Å². The number of aromatic nitrogens is 3. The van der Waals surface area contributed by atoms with Crippen LogP contribution in [-0.4, -0.2) is 87.6 Å². The Morgan fingerprint density at radius 1 is 1.18 bits per heavy atom. The monoisotopic (exact) mass is 610 g/mol. The van der Waals surface area contributed by atoms with Crippen molar-refractivity contribution in [2.24, 2.45) is 0 Å². The molecule has 0 aliphatic carbocycles. The molecule has 230 valence electrons. The van der Waals surface area contributed by atoms with Crippen LogP contribution in [0.1, 0.15) is 37.7 Å². The van der Waals surface area contributed by atoms with E-state index in [4.69, 9.17) is 25.9 Å². The number of aromatic hydroxyl groups is 1. The predicted octanol–water partition coefficient (Wildman–Crippen LogP) is 4.33. The molecular formula is C34H32F2N6O3. The number of piperazine rings is 1. The highest BCUT2D eigenvalue weighted by molar-refractivity contribution is 6.04. The number of benzene rings is 2. The van der Waals surface area contributed by atoms with Crippen LogP contribution in [0.15, 0.2) is 30.3 Å². The van der Waals surface area contributed by atoms with Crippen molar-refractivity contribution in [3.63, 3.8) is 0 Å². The quantitative estimate of drug-likeness (QED) is 0.328. The third-order valence-corrected chi connectivity index (χ3v) is 10.5. The summed E-state index contributed by atoms with van der Waals surface area (Å²) >= 11 is 0. The average Bonchev–Trinajstić information content (AvgIpc) is 3.67. The highest BCUT2D eigenvalue weighted by atomic mass is 19.1. The molecule has 2 aromatic carbocycles. The van der Waals surface area contributed by atoms with Gasteiger partial charge >= 0.3 is 6.01 Å². The molecule has 4 aromatic rings. The number of nitrogens with one attached hydrogen (secondary N) is 1. The van der Waals surface area contributed by atoms with Crippen molar-refractivity contribution in [1.29, 1.82) is 0 Å². The Kier molecular flexibility index (Phi) is 5.93. The largest absolute Gasteiger partial charge is 0.508 e. The molecule has 0 unspecified atom stereocenters. The fourth-order valence-corrected chi connectivity index (χ4v) is 8.53. The Hall–Kier alpha value is -4.27. The molecule has 11 heteroatoms. The van der Waals surface area contributed by atoms with Gasteiger partial charge in [0.05, 0.1) is 11.6 Å². The lowest BCUT2D eigenvalue weighted by Crippen LogP contribution is -2.60.